The van der Waals surface area contributed by atoms with Crippen LogP contribution in [0.15, 0.2) is 59.7 Å². The molecule has 0 saturated heterocycles. The second-order valence-electron chi connectivity index (χ2n) is 6.17. The van der Waals surface area contributed by atoms with Crippen molar-refractivity contribution < 1.29 is 4.74 Å². The molecule has 2 aromatic carbocycles. The average molecular weight is 361 g/mol. The van der Waals surface area contributed by atoms with Crippen LogP contribution in [0.25, 0.3) is 16.6 Å². The van der Waals surface area contributed by atoms with Gasteiger partial charge in [-0.15, -0.1) is 0 Å². The van der Waals surface area contributed by atoms with E-state index in [9.17, 15) is 4.79 Å². The van der Waals surface area contributed by atoms with E-state index in [2.05, 4.69) is 15.3 Å². The van der Waals surface area contributed by atoms with Crippen LogP contribution in [0.1, 0.15) is 5.69 Å². The van der Waals surface area contributed by atoms with Gasteiger partial charge in [0, 0.05) is 18.5 Å². The van der Waals surface area contributed by atoms with Crippen molar-refractivity contribution in [3.05, 3.63) is 70.9 Å². The molecule has 0 aliphatic rings. The average Bonchev–Trinajstić information content (AvgIpc) is 2.91. The monoisotopic (exact) mass is 361 g/mol. The van der Waals surface area contributed by atoms with Gasteiger partial charge in [-0.25, -0.2) is 14.6 Å². The van der Waals surface area contributed by atoms with Crippen molar-refractivity contribution in [3.63, 3.8) is 0 Å². The second-order valence-corrected chi connectivity index (χ2v) is 6.17. The van der Waals surface area contributed by atoms with Crippen LogP contribution in [0.2, 0.25) is 0 Å². The molecule has 136 valence electrons. The zero-order valence-corrected chi connectivity index (χ0v) is 15.3. The molecule has 0 aliphatic carbocycles. The van der Waals surface area contributed by atoms with Crippen LogP contribution in [-0.2, 0) is 7.05 Å². The first-order chi connectivity index (χ1) is 13.1. The minimum Gasteiger partial charge on any atom is -0.497 e. The van der Waals surface area contributed by atoms with Gasteiger partial charge >= 0.3 is 0 Å². The number of fused-ring (bicyclic) bond motifs is 1. The Morgan fingerprint density at radius 1 is 1.07 bits per heavy atom. The second kappa shape index (κ2) is 6.60. The molecule has 0 aliphatic heterocycles. The number of hydrogen-bond acceptors (Lipinski definition) is 5. The van der Waals surface area contributed by atoms with Crippen molar-refractivity contribution in [3.8, 4) is 11.4 Å². The number of rotatable bonds is 4. The summed E-state index contributed by atoms with van der Waals surface area (Å²) >= 11 is 0. The number of nitrogens with one attached hydrogen (secondary N) is 1. The maximum Gasteiger partial charge on any atom is 0.295 e. The Bertz CT molecular complexity index is 1180. The van der Waals surface area contributed by atoms with E-state index in [1.807, 2.05) is 67.2 Å². The number of benzene rings is 2. The SMILES string of the molecule is COc1ccc2c(Nc3c(C)n(C)n(-c4ccccc4)c3=O)ncnc2c1. The highest BCUT2D eigenvalue weighted by atomic mass is 16.5. The van der Waals surface area contributed by atoms with E-state index < -0.39 is 0 Å². The standard InChI is InChI=1S/C20H19N5O2/c1-13-18(20(26)25(24(13)2)14-7-5-4-6-8-14)23-19-16-10-9-15(27-3)11-17(16)21-12-22-19/h4-12H,1-3H3,(H,21,22,23). The summed E-state index contributed by atoms with van der Waals surface area (Å²) in [6.07, 6.45) is 1.47. The zero-order valence-electron chi connectivity index (χ0n) is 15.3. The predicted molar refractivity (Wildman–Crippen MR) is 105 cm³/mol. The van der Waals surface area contributed by atoms with Gasteiger partial charge < -0.3 is 10.1 Å². The van der Waals surface area contributed by atoms with Crippen molar-refractivity contribution in [2.24, 2.45) is 7.05 Å². The van der Waals surface area contributed by atoms with E-state index in [1.165, 1.54) is 6.33 Å². The van der Waals surface area contributed by atoms with Crippen LogP contribution >= 0.6 is 0 Å². The van der Waals surface area contributed by atoms with Crippen molar-refractivity contribution in [2.45, 2.75) is 6.92 Å². The van der Waals surface area contributed by atoms with Crippen LogP contribution in [-0.4, -0.2) is 26.4 Å². The number of para-hydroxylation sites is 1. The molecule has 0 spiro atoms. The third kappa shape index (κ3) is 2.83. The van der Waals surface area contributed by atoms with Crippen LogP contribution < -0.4 is 15.6 Å². The summed E-state index contributed by atoms with van der Waals surface area (Å²) in [7, 11) is 3.47. The number of hydrogen-bond donors (Lipinski definition) is 1. The van der Waals surface area contributed by atoms with Gasteiger partial charge in [0.25, 0.3) is 5.56 Å². The van der Waals surface area contributed by atoms with E-state index >= 15 is 0 Å². The van der Waals surface area contributed by atoms with E-state index in [0.717, 1.165) is 28.0 Å². The molecule has 0 atom stereocenters. The number of aromatic nitrogens is 4. The third-order valence-electron chi connectivity index (χ3n) is 4.64. The van der Waals surface area contributed by atoms with Crippen molar-refractivity contribution in [2.75, 3.05) is 12.4 Å². The van der Waals surface area contributed by atoms with Gasteiger partial charge in [0.15, 0.2) is 0 Å². The molecule has 2 aromatic heterocycles. The molecule has 2 heterocycles. The van der Waals surface area contributed by atoms with E-state index in [4.69, 9.17) is 4.74 Å². The minimum absolute atomic E-state index is 0.138. The van der Waals surface area contributed by atoms with Gasteiger partial charge in [0.2, 0.25) is 0 Å². The van der Waals surface area contributed by atoms with Gasteiger partial charge in [-0.2, -0.15) is 0 Å². The largest absolute Gasteiger partial charge is 0.497 e. The van der Waals surface area contributed by atoms with E-state index in [1.54, 1.807) is 11.8 Å². The highest BCUT2D eigenvalue weighted by Gasteiger charge is 2.17. The molecule has 7 nitrogen and oxygen atoms in total. The van der Waals surface area contributed by atoms with Gasteiger partial charge in [0.1, 0.15) is 23.6 Å². The van der Waals surface area contributed by atoms with E-state index in [-0.39, 0.29) is 5.56 Å². The Hall–Kier alpha value is -3.61. The first kappa shape index (κ1) is 16.8. The maximum absolute atomic E-state index is 13.1. The normalized spacial score (nSPS) is 10.9. The molecule has 1 N–H and O–H groups in total. The molecule has 4 aromatic rings. The van der Waals surface area contributed by atoms with Gasteiger partial charge in [-0.3, -0.25) is 9.48 Å². The van der Waals surface area contributed by atoms with Crippen LogP contribution in [0, 0.1) is 6.92 Å². The van der Waals surface area contributed by atoms with Crippen LogP contribution in [0.4, 0.5) is 11.5 Å². The Kier molecular flexibility index (Phi) is 4.12. The minimum atomic E-state index is -0.138. The molecule has 0 fully saturated rings. The summed E-state index contributed by atoms with van der Waals surface area (Å²) in [6.45, 7) is 1.90. The smallest absolute Gasteiger partial charge is 0.295 e. The Morgan fingerprint density at radius 2 is 1.85 bits per heavy atom. The number of methoxy groups -OCH3 is 1. The number of ether oxygens (including phenoxy) is 1. The lowest BCUT2D eigenvalue weighted by Crippen LogP contribution is -2.20. The quantitative estimate of drug-likeness (QED) is 0.604. The lowest BCUT2D eigenvalue weighted by atomic mass is 10.2. The fraction of sp³-hybridized carbons (Fsp3) is 0.150. The van der Waals surface area contributed by atoms with Crippen molar-refractivity contribution in [1.82, 2.24) is 19.3 Å². The van der Waals surface area contributed by atoms with Gasteiger partial charge in [0.05, 0.1) is 24.0 Å². The molecule has 0 radical (unpaired) electrons. The summed E-state index contributed by atoms with van der Waals surface area (Å²) in [6, 6.07) is 15.1. The summed E-state index contributed by atoms with van der Waals surface area (Å²) < 4.78 is 8.70. The number of anilines is 2. The first-order valence-electron chi connectivity index (χ1n) is 8.50. The fourth-order valence-electron chi connectivity index (χ4n) is 3.09. The van der Waals surface area contributed by atoms with Gasteiger partial charge in [-0.1, -0.05) is 18.2 Å². The molecular formula is C20H19N5O2. The topological polar surface area (TPSA) is 74.0 Å². The summed E-state index contributed by atoms with van der Waals surface area (Å²) in [4.78, 5) is 21.7. The van der Waals surface area contributed by atoms with Crippen LogP contribution in [0.5, 0.6) is 5.75 Å². The predicted octanol–water partition coefficient (Wildman–Crippen LogP) is 3.18. The highest BCUT2D eigenvalue weighted by molar-refractivity contribution is 5.91. The molecule has 0 bridgehead atoms. The lowest BCUT2D eigenvalue weighted by Gasteiger charge is -2.08. The fourth-order valence-corrected chi connectivity index (χ4v) is 3.09. The third-order valence-corrected chi connectivity index (χ3v) is 4.64. The maximum atomic E-state index is 13.1. The molecule has 7 heteroatoms. The Balaban J connectivity index is 1.83. The van der Waals surface area contributed by atoms with Crippen LogP contribution in [0.3, 0.4) is 0 Å². The molecule has 0 amide bonds. The molecular weight excluding hydrogens is 342 g/mol. The van der Waals surface area contributed by atoms with Crippen molar-refractivity contribution in [1.29, 1.82) is 0 Å². The summed E-state index contributed by atoms with van der Waals surface area (Å²) in [5.74, 6) is 1.29. The number of nitrogens with zero attached hydrogens (tertiary/aromatic N) is 4. The molecule has 27 heavy (non-hydrogen) atoms. The van der Waals surface area contributed by atoms with Gasteiger partial charge in [-0.05, 0) is 31.2 Å². The van der Waals surface area contributed by atoms with E-state index in [0.29, 0.717) is 11.5 Å². The first-order valence-corrected chi connectivity index (χ1v) is 8.50. The summed E-state index contributed by atoms with van der Waals surface area (Å²) in [5, 5.41) is 4.02. The Morgan fingerprint density at radius 3 is 2.59 bits per heavy atom. The molecule has 0 unspecified atom stereocenters. The zero-order chi connectivity index (χ0) is 19.0. The highest BCUT2D eigenvalue weighted by Crippen LogP contribution is 2.26. The molecule has 0 saturated carbocycles. The Labute approximate surface area is 155 Å². The van der Waals surface area contributed by atoms with Crippen molar-refractivity contribution >= 4 is 22.4 Å². The lowest BCUT2D eigenvalue weighted by molar-refractivity contribution is 0.415. The molecule has 4 rings (SSSR count). The summed E-state index contributed by atoms with van der Waals surface area (Å²) in [5.41, 5.74) is 2.70.